The van der Waals surface area contributed by atoms with Crippen molar-refractivity contribution in [1.29, 1.82) is 0 Å². The summed E-state index contributed by atoms with van der Waals surface area (Å²) in [5.74, 6) is 1.45. The molecule has 0 radical (unpaired) electrons. The van der Waals surface area contributed by atoms with Gasteiger partial charge in [0.15, 0.2) is 11.5 Å². The third kappa shape index (κ3) is 3.72. The number of likely N-dealkylation sites (N-methyl/N-ethyl adjacent to an activating group) is 1. The van der Waals surface area contributed by atoms with Gasteiger partial charge in [0.25, 0.3) is 0 Å². The van der Waals surface area contributed by atoms with Crippen molar-refractivity contribution in [2.75, 3.05) is 27.4 Å². The van der Waals surface area contributed by atoms with Crippen LogP contribution in [0.25, 0.3) is 0 Å². The monoisotopic (exact) mass is 225 g/mol. The van der Waals surface area contributed by atoms with E-state index in [0.29, 0.717) is 13.0 Å². The smallest absolute Gasteiger partial charge is 0.161 e. The molecule has 1 aromatic rings. The zero-order valence-electron chi connectivity index (χ0n) is 9.77. The summed E-state index contributed by atoms with van der Waals surface area (Å²) in [5.41, 5.74) is 0. The SMILES string of the molecule is CNC(CCO)COc1ccccc1OC. The summed E-state index contributed by atoms with van der Waals surface area (Å²) >= 11 is 0. The van der Waals surface area contributed by atoms with Crippen LogP contribution < -0.4 is 14.8 Å². The van der Waals surface area contributed by atoms with Gasteiger partial charge in [0, 0.05) is 12.6 Å². The molecule has 0 amide bonds. The molecular weight excluding hydrogens is 206 g/mol. The standard InChI is InChI=1S/C12H19NO3/c1-13-10(7-8-14)9-16-12-6-4-3-5-11(12)15-2/h3-6,10,13-14H,7-9H2,1-2H3. The highest BCUT2D eigenvalue weighted by Crippen LogP contribution is 2.25. The van der Waals surface area contributed by atoms with E-state index in [0.717, 1.165) is 11.5 Å². The number of methoxy groups -OCH3 is 1. The first-order valence-electron chi connectivity index (χ1n) is 5.35. The Morgan fingerprint density at radius 2 is 2.00 bits per heavy atom. The van der Waals surface area contributed by atoms with Gasteiger partial charge in [-0.25, -0.2) is 0 Å². The van der Waals surface area contributed by atoms with Gasteiger partial charge in [-0.3, -0.25) is 0 Å². The lowest BCUT2D eigenvalue weighted by atomic mass is 10.2. The predicted octanol–water partition coefficient (Wildman–Crippen LogP) is 1.04. The summed E-state index contributed by atoms with van der Waals surface area (Å²) < 4.78 is 10.8. The highest BCUT2D eigenvalue weighted by Gasteiger charge is 2.08. The molecule has 0 heterocycles. The van der Waals surface area contributed by atoms with Gasteiger partial charge in [-0.1, -0.05) is 12.1 Å². The molecular formula is C12H19NO3. The summed E-state index contributed by atoms with van der Waals surface area (Å²) in [6, 6.07) is 7.67. The number of para-hydroxylation sites is 2. The first-order chi connectivity index (χ1) is 7.81. The molecule has 1 aromatic carbocycles. The molecule has 0 bridgehead atoms. The molecule has 4 nitrogen and oxygen atoms in total. The van der Waals surface area contributed by atoms with E-state index < -0.39 is 0 Å². The second-order valence-corrected chi connectivity index (χ2v) is 3.46. The van der Waals surface area contributed by atoms with Gasteiger partial charge in [0.1, 0.15) is 6.61 Å². The normalized spacial score (nSPS) is 12.2. The van der Waals surface area contributed by atoms with E-state index in [1.54, 1.807) is 7.11 Å². The van der Waals surface area contributed by atoms with Crippen LogP contribution in [0, 0.1) is 0 Å². The molecule has 1 unspecified atom stereocenters. The van der Waals surface area contributed by atoms with Crippen LogP contribution in [0.15, 0.2) is 24.3 Å². The van der Waals surface area contributed by atoms with Crippen molar-refractivity contribution in [2.24, 2.45) is 0 Å². The minimum absolute atomic E-state index is 0.148. The van der Waals surface area contributed by atoms with E-state index >= 15 is 0 Å². The lowest BCUT2D eigenvalue weighted by Gasteiger charge is -2.17. The Balaban J connectivity index is 2.52. The number of hydrogen-bond donors (Lipinski definition) is 2. The minimum atomic E-state index is 0.148. The first-order valence-corrected chi connectivity index (χ1v) is 5.35. The van der Waals surface area contributed by atoms with Crippen LogP contribution in [0.5, 0.6) is 11.5 Å². The lowest BCUT2D eigenvalue weighted by Crippen LogP contribution is -2.32. The number of ether oxygens (including phenoxy) is 2. The Kier molecular flexibility index (Phi) is 5.67. The van der Waals surface area contributed by atoms with E-state index in [2.05, 4.69) is 5.32 Å². The molecule has 0 aliphatic rings. The summed E-state index contributed by atoms with van der Waals surface area (Å²) in [5, 5.41) is 11.9. The van der Waals surface area contributed by atoms with Gasteiger partial charge >= 0.3 is 0 Å². The van der Waals surface area contributed by atoms with E-state index in [4.69, 9.17) is 14.6 Å². The van der Waals surface area contributed by atoms with Crippen molar-refractivity contribution in [3.05, 3.63) is 24.3 Å². The average molecular weight is 225 g/mol. The van der Waals surface area contributed by atoms with Crippen LogP contribution in [0.1, 0.15) is 6.42 Å². The number of hydrogen-bond acceptors (Lipinski definition) is 4. The predicted molar refractivity (Wildman–Crippen MR) is 63.0 cm³/mol. The Bertz CT molecular complexity index is 304. The molecule has 0 fully saturated rings. The van der Waals surface area contributed by atoms with Crippen molar-refractivity contribution in [1.82, 2.24) is 5.32 Å². The Hall–Kier alpha value is -1.26. The number of benzene rings is 1. The number of nitrogens with one attached hydrogen (secondary N) is 1. The quantitative estimate of drug-likeness (QED) is 0.728. The molecule has 2 N–H and O–H groups in total. The Morgan fingerprint density at radius 1 is 1.31 bits per heavy atom. The molecule has 0 spiro atoms. The molecule has 0 saturated carbocycles. The Morgan fingerprint density at radius 3 is 2.56 bits per heavy atom. The molecule has 0 aliphatic carbocycles. The zero-order valence-corrected chi connectivity index (χ0v) is 9.77. The first kappa shape index (κ1) is 12.8. The summed E-state index contributed by atoms with van der Waals surface area (Å²) in [6.45, 7) is 0.665. The third-order valence-corrected chi connectivity index (χ3v) is 2.39. The minimum Gasteiger partial charge on any atom is -0.493 e. The molecule has 1 atom stereocenters. The van der Waals surface area contributed by atoms with E-state index in [1.807, 2.05) is 31.3 Å². The van der Waals surface area contributed by atoms with Crippen LogP contribution in [-0.4, -0.2) is 38.5 Å². The fourth-order valence-corrected chi connectivity index (χ4v) is 1.40. The van der Waals surface area contributed by atoms with Gasteiger partial charge in [0.05, 0.1) is 7.11 Å². The van der Waals surface area contributed by atoms with Crippen LogP contribution in [-0.2, 0) is 0 Å². The summed E-state index contributed by atoms with van der Waals surface area (Å²) in [7, 11) is 3.47. The fourth-order valence-electron chi connectivity index (χ4n) is 1.40. The number of aliphatic hydroxyl groups is 1. The maximum Gasteiger partial charge on any atom is 0.161 e. The molecule has 1 rings (SSSR count). The molecule has 0 saturated heterocycles. The summed E-state index contributed by atoms with van der Waals surface area (Å²) in [6.07, 6.45) is 0.672. The van der Waals surface area contributed by atoms with Crippen molar-refractivity contribution in [3.63, 3.8) is 0 Å². The van der Waals surface area contributed by atoms with Gasteiger partial charge in [-0.15, -0.1) is 0 Å². The molecule has 4 heteroatoms. The number of aliphatic hydroxyl groups excluding tert-OH is 1. The lowest BCUT2D eigenvalue weighted by molar-refractivity contribution is 0.214. The maximum absolute atomic E-state index is 8.85. The second kappa shape index (κ2) is 7.09. The van der Waals surface area contributed by atoms with Crippen LogP contribution in [0.3, 0.4) is 0 Å². The maximum atomic E-state index is 8.85. The van der Waals surface area contributed by atoms with Crippen molar-refractivity contribution in [3.8, 4) is 11.5 Å². The van der Waals surface area contributed by atoms with Crippen LogP contribution >= 0.6 is 0 Å². The van der Waals surface area contributed by atoms with Crippen molar-refractivity contribution < 1.29 is 14.6 Å². The van der Waals surface area contributed by atoms with E-state index in [-0.39, 0.29) is 12.6 Å². The van der Waals surface area contributed by atoms with Crippen molar-refractivity contribution >= 4 is 0 Å². The Labute approximate surface area is 96.2 Å². The van der Waals surface area contributed by atoms with Gasteiger partial charge in [-0.2, -0.15) is 0 Å². The fraction of sp³-hybridized carbons (Fsp3) is 0.500. The van der Waals surface area contributed by atoms with E-state index in [9.17, 15) is 0 Å². The van der Waals surface area contributed by atoms with Crippen LogP contribution in [0.2, 0.25) is 0 Å². The topological polar surface area (TPSA) is 50.7 Å². The number of rotatable bonds is 7. The third-order valence-electron chi connectivity index (χ3n) is 2.39. The zero-order chi connectivity index (χ0) is 11.8. The highest BCUT2D eigenvalue weighted by molar-refractivity contribution is 5.39. The summed E-state index contributed by atoms with van der Waals surface area (Å²) in [4.78, 5) is 0. The second-order valence-electron chi connectivity index (χ2n) is 3.46. The van der Waals surface area contributed by atoms with Gasteiger partial charge in [-0.05, 0) is 25.6 Å². The molecule has 0 aromatic heterocycles. The molecule has 90 valence electrons. The van der Waals surface area contributed by atoms with Crippen LogP contribution in [0.4, 0.5) is 0 Å². The highest BCUT2D eigenvalue weighted by atomic mass is 16.5. The van der Waals surface area contributed by atoms with E-state index in [1.165, 1.54) is 0 Å². The average Bonchev–Trinajstić information content (AvgIpc) is 2.34. The van der Waals surface area contributed by atoms with Gasteiger partial charge in [0.2, 0.25) is 0 Å². The largest absolute Gasteiger partial charge is 0.493 e. The van der Waals surface area contributed by atoms with Gasteiger partial charge < -0.3 is 19.9 Å². The molecule has 0 aliphatic heterocycles. The van der Waals surface area contributed by atoms with Crippen molar-refractivity contribution in [2.45, 2.75) is 12.5 Å². The molecule has 16 heavy (non-hydrogen) atoms.